The Balaban J connectivity index is 1.52. The van der Waals surface area contributed by atoms with Crippen LogP contribution in [-0.4, -0.2) is 23.7 Å². The summed E-state index contributed by atoms with van der Waals surface area (Å²) in [4.78, 5) is 15.6. The van der Waals surface area contributed by atoms with Gasteiger partial charge in [0.05, 0.1) is 12.8 Å². The minimum atomic E-state index is -0.405. The molecule has 2 aromatic heterocycles. The Labute approximate surface area is 155 Å². The van der Waals surface area contributed by atoms with Gasteiger partial charge in [0.2, 0.25) is 0 Å². The quantitative estimate of drug-likeness (QED) is 0.409. The number of furan rings is 1. The van der Waals surface area contributed by atoms with Gasteiger partial charge < -0.3 is 14.1 Å². The highest BCUT2D eigenvalue weighted by Gasteiger charge is 2.12. The Morgan fingerprint density at radius 2 is 2.11 bits per heavy atom. The zero-order valence-electron chi connectivity index (χ0n) is 15.1. The molecule has 0 radical (unpaired) electrons. The second kappa shape index (κ2) is 6.99. The minimum absolute atomic E-state index is 0.200. The van der Waals surface area contributed by atoms with Crippen LogP contribution in [0.1, 0.15) is 28.7 Å². The smallest absolute Gasteiger partial charge is 0.307 e. The van der Waals surface area contributed by atoms with Crippen molar-refractivity contribution >= 4 is 34.0 Å². The molecule has 0 saturated heterocycles. The maximum Gasteiger partial charge on any atom is 0.307 e. The third-order valence-corrected chi connectivity index (χ3v) is 4.33. The van der Waals surface area contributed by atoms with Gasteiger partial charge in [0.25, 0.3) is 0 Å². The molecule has 0 spiro atoms. The van der Waals surface area contributed by atoms with Crippen LogP contribution in [0.4, 0.5) is 0 Å². The lowest BCUT2D eigenvalue weighted by Gasteiger charge is -2.00. The monoisotopic (exact) mass is 361 g/mol. The molecule has 0 bridgehead atoms. The first kappa shape index (κ1) is 16.9. The van der Waals surface area contributed by atoms with Crippen molar-refractivity contribution in [2.24, 2.45) is 5.10 Å². The van der Waals surface area contributed by atoms with Gasteiger partial charge >= 0.3 is 5.91 Å². The summed E-state index contributed by atoms with van der Waals surface area (Å²) in [7, 11) is 0. The summed E-state index contributed by atoms with van der Waals surface area (Å²) < 4.78 is 11.1. The summed E-state index contributed by atoms with van der Waals surface area (Å²) in [6.45, 7) is 4.48. The molecule has 0 fully saturated rings. The van der Waals surface area contributed by atoms with Gasteiger partial charge in [-0.1, -0.05) is 18.2 Å². The van der Waals surface area contributed by atoms with E-state index in [-0.39, 0.29) is 5.76 Å². The van der Waals surface area contributed by atoms with Crippen LogP contribution in [0.25, 0.3) is 21.9 Å². The number of amides is 1. The van der Waals surface area contributed by atoms with Crippen LogP contribution in [0.15, 0.2) is 58.0 Å². The van der Waals surface area contributed by atoms with E-state index in [0.717, 1.165) is 33.3 Å². The molecule has 0 saturated carbocycles. The predicted octanol–water partition coefficient (Wildman–Crippen LogP) is 4.39. The molecule has 4 rings (SSSR count). The van der Waals surface area contributed by atoms with Crippen LogP contribution in [0.5, 0.6) is 5.75 Å². The number of ether oxygens (including phenoxy) is 1. The summed E-state index contributed by atoms with van der Waals surface area (Å²) >= 11 is 0. The number of para-hydroxylation sites is 1. The molecule has 0 aliphatic rings. The number of H-pyrrole nitrogens is 1. The van der Waals surface area contributed by atoms with Crippen LogP contribution in [0, 0.1) is 6.92 Å². The zero-order valence-corrected chi connectivity index (χ0v) is 15.1. The van der Waals surface area contributed by atoms with Crippen LogP contribution in [-0.2, 0) is 0 Å². The fourth-order valence-corrected chi connectivity index (χ4v) is 3.07. The maximum atomic E-state index is 12.3. The van der Waals surface area contributed by atoms with Crippen molar-refractivity contribution in [2.45, 2.75) is 13.8 Å². The maximum absolute atomic E-state index is 12.3. The number of fused-ring (bicyclic) bond motifs is 2. The number of hydrogen-bond acceptors (Lipinski definition) is 4. The zero-order chi connectivity index (χ0) is 18.8. The largest absolute Gasteiger partial charge is 0.494 e. The SMILES string of the molecule is CCOc1ccc2oc(C(=O)N/N=C/c3c(C)[nH]c4ccccc34)cc2c1. The van der Waals surface area contributed by atoms with E-state index in [1.165, 1.54) is 0 Å². The number of benzene rings is 2. The lowest BCUT2D eigenvalue weighted by molar-refractivity contribution is 0.0929. The molecule has 2 N–H and O–H groups in total. The van der Waals surface area contributed by atoms with Crippen LogP contribution >= 0.6 is 0 Å². The van der Waals surface area contributed by atoms with Crippen LogP contribution in [0.3, 0.4) is 0 Å². The average Bonchev–Trinajstić information content (AvgIpc) is 3.22. The lowest BCUT2D eigenvalue weighted by Crippen LogP contribution is -2.16. The topological polar surface area (TPSA) is 79.6 Å². The summed E-state index contributed by atoms with van der Waals surface area (Å²) in [5, 5.41) is 5.95. The van der Waals surface area contributed by atoms with Crippen molar-refractivity contribution in [3.8, 4) is 5.75 Å². The molecule has 0 atom stereocenters. The number of aromatic amines is 1. The number of nitrogens with one attached hydrogen (secondary N) is 2. The highest BCUT2D eigenvalue weighted by atomic mass is 16.5. The number of rotatable bonds is 5. The normalized spacial score (nSPS) is 11.5. The summed E-state index contributed by atoms with van der Waals surface area (Å²) in [6.07, 6.45) is 1.64. The van der Waals surface area contributed by atoms with E-state index in [2.05, 4.69) is 15.5 Å². The molecule has 2 aromatic carbocycles. The minimum Gasteiger partial charge on any atom is -0.494 e. The molecule has 136 valence electrons. The number of nitrogens with zero attached hydrogens (tertiary/aromatic N) is 1. The number of carbonyl (C=O) groups excluding carboxylic acids is 1. The molecule has 6 nitrogen and oxygen atoms in total. The Morgan fingerprint density at radius 3 is 2.96 bits per heavy atom. The van der Waals surface area contributed by atoms with Crippen molar-refractivity contribution < 1.29 is 13.9 Å². The van der Waals surface area contributed by atoms with E-state index in [1.807, 2.05) is 50.2 Å². The van der Waals surface area contributed by atoms with Crippen LogP contribution in [0.2, 0.25) is 0 Å². The fraction of sp³-hybridized carbons (Fsp3) is 0.143. The first-order valence-corrected chi connectivity index (χ1v) is 8.73. The Morgan fingerprint density at radius 1 is 1.26 bits per heavy atom. The second-order valence-corrected chi connectivity index (χ2v) is 6.15. The first-order chi connectivity index (χ1) is 13.2. The van der Waals surface area contributed by atoms with E-state index in [1.54, 1.807) is 18.3 Å². The molecule has 0 unspecified atom stereocenters. The van der Waals surface area contributed by atoms with Gasteiger partial charge in [-0.2, -0.15) is 5.10 Å². The van der Waals surface area contributed by atoms with E-state index in [9.17, 15) is 4.79 Å². The van der Waals surface area contributed by atoms with E-state index in [0.29, 0.717) is 12.2 Å². The lowest BCUT2D eigenvalue weighted by atomic mass is 10.1. The first-order valence-electron chi connectivity index (χ1n) is 8.73. The van der Waals surface area contributed by atoms with Crippen molar-refractivity contribution in [3.05, 3.63) is 65.5 Å². The number of hydrazone groups is 1. The third kappa shape index (κ3) is 3.29. The molecule has 2 heterocycles. The highest BCUT2D eigenvalue weighted by molar-refractivity contribution is 6.01. The van der Waals surface area contributed by atoms with Gasteiger partial charge in [-0.3, -0.25) is 4.79 Å². The van der Waals surface area contributed by atoms with Crippen molar-refractivity contribution in [1.29, 1.82) is 0 Å². The van der Waals surface area contributed by atoms with Gasteiger partial charge in [-0.25, -0.2) is 5.43 Å². The van der Waals surface area contributed by atoms with Crippen molar-refractivity contribution in [3.63, 3.8) is 0 Å². The van der Waals surface area contributed by atoms with Gasteiger partial charge in [0.1, 0.15) is 11.3 Å². The number of hydrogen-bond donors (Lipinski definition) is 2. The molecule has 1 amide bonds. The molecule has 4 aromatic rings. The molecule has 27 heavy (non-hydrogen) atoms. The van der Waals surface area contributed by atoms with Gasteiger partial charge in [-0.15, -0.1) is 0 Å². The average molecular weight is 361 g/mol. The Kier molecular flexibility index (Phi) is 4.38. The summed E-state index contributed by atoms with van der Waals surface area (Å²) in [5.74, 6) is 0.537. The molecule has 0 aliphatic heterocycles. The molecular weight excluding hydrogens is 342 g/mol. The Bertz CT molecular complexity index is 1150. The third-order valence-electron chi connectivity index (χ3n) is 4.33. The van der Waals surface area contributed by atoms with Crippen molar-refractivity contribution in [1.82, 2.24) is 10.4 Å². The molecule has 6 heteroatoms. The van der Waals surface area contributed by atoms with Crippen LogP contribution < -0.4 is 10.2 Å². The summed E-state index contributed by atoms with van der Waals surface area (Å²) in [5.41, 5.74) is 6.11. The van der Waals surface area contributed by atoms with Gasteiger partial charge in [0, 0.05) is 27.5 Å². The number of carbonyl (C=O) groups is 1. The van der Waals surface area contributed by atoms with Gasteiger partial charge in [0.15, 0.2) is 5.76 Å². The van der Waals surface area contributed by atoms with E-state index < -0.39 is 5.91 Å². The standard InChI is InChI=1S/C21H19N3O3/c1-3-26-15-8-9-19-14(10-15)11-20(27-19)21(25)24-22-12-17-13(2)23-18-7-5-4-6-16(17)18/h4-12,23H,3H2,1-2H3,(H,24,25)/b22-12+. The number of aryl methyl sites for hydroxylation is 1. The second-order valence-electron chi connectivity index (χ2n) is 6.15. The Hall–Kier alpha value is -3.54. The number of aromatic nitrogens is 1. The van der Waals surface area contributed by atoms with Gasteiger partial charge in [-0.05, 0) is 44.2 Å². The van der Waals surface area contributed by atoms with E-state index >= 15 is 0 Å². The highest BCUT2D eigenvalue weighted by Crippen LogP contribution is 2.24. The van der Waals surface area contributed by atoms with E-state index in [4.69, 9.17) is 9.15 Å². The summed E-state index contributed by atoms with van der Waals surface area (Å²) in [6, 6.07) is 15.1. The fourth-order valence-electron chi connectivity index (χ4n) is 3.07. The van der Waals surface area contributed by atoms with Crippen molar-refractivity contribution in [2.75, 3.05) is 6.61 Å². The molecule has 0 aliphatic carbocycles. The predicted molar refractivity (Wildman–Crippen MR) is 105 cm³/mol. The molecular formula is C21H19N3O3.